The number of esters is 1. The zero-order valence-corrected chi connectivity index (χ0v) is 14.9. The number of aromatic nitrogens is 3. The second-order valence-electron chi connectivity index (χ2n) is 5.01. The maximum Gasteiger partial charge on any atom is 0.306 e. The molecule has 2 aromatic rings. The number of thioether (sulfide) groups is 1. The number of aryl methyl sites for hydroxylation is 2. The van der Waals surface area contributed by atoms with Crippen LogP contribution in [0, 0.1) is 13.8 Å². The molecule has 7 heteroatoms. The third kappa shape index (κ3) is 5.18. The molecule has 2 rings (SSSR count). The first kappa shape index (κ1) is 17.7. The predicted octanol–water partition coefficient (Wildman–Crippen LogP) is 3.54. The van der Waals surface area contributed by atoms with Crippen LogP contribution in [0.1, 0.15) is 28.9 Å². The third-order valence-corrected chi connectivity index (χ3v) is 4.12. The molecule has 0 aromatic carbocycles. The monoisotopic (exact) mass is 351 g/mol. The minimum atomic E-state index is -0.257. The molecule has 0 bridgehead atoms. The van der Waals surface area contributed by atoms with Crippen molar-refractivity contribution in [2.24, 2.45) is 0 Å². The van der Waals surface area contributed by atoms with Gasteiger partial charge in [0.05, 0.1) is 0 Å². The van der Waals surface area contributed by atoms with Gasteiger partial charge in [0.25, 0.3) is 0 Å². The second kappa shape index (κ2) is 8.26. The molecular weight excluding hydrogens is 334 g/mol. The van der Waals surface area contributed by atoms with Crippen molar-refractivity contribution in [2.75, 3.05) is 6.26 Å². The number of rotatable bonds is 6. The topological polar surface area (TPSA) is 65.0 Å². The Morgan fingerprint density at radius 3 is 2.52 bits per heavy atom. The van der Waals surface area contributed by atoms with Crippen LogP contribution < -0.4 is 0 Å². The summed E-state index contributed by atoms with van der Waals surface area (Å²) in [4.78, 5) is 24.7. The van der Waals surface area contributed by atoms with E-state index >= 15 is 0 Å². The minimum Gasteiger partial charge on any atom is -0.461 e. The highest BCUT2D eigenvalue weighted by molar-refractivity contribution is 7.98. The molecule has 23 heavy (non-hydrogen) atoms. The van der Waals surface area contributed by atoms with E-state index in [0.717, 1.165) is 27.7 Å². The number of hydrogen-bond acceptors (Lipinski definition) is 6. The Labute approximate surface area is 144 Å². The highest BCUT2D eigenvalue weighted by atomic mass is 35.5. The van der Waals surface area contributed by atoms with Gasteiger partial charge in [-0.3, -0.25) is 4.79 Å². The maximum absolute atomic E-state index is 11.9. The molecule has 0 atom stereocenters. The van der Waals surface area contributed by atoms with Crippen LogP contribution in [0.4, 0.5) is 0 Å². The fourth-order valence-corrected chi connectivity index (χ4v) is 2.68. The Kier molecular flexibility index (Phi) is 6.36. The summed E-state index contributed by atoms with van der Waals surface area (Å²) < 4.78 is 5.25. The molecule has 0 unspecified atom stereocenters. The van der Waals surface area contributed by atoms with Crippen molar-refractivity contribution in [1.82, 2.24) is 15.0 Å². The molecule has 0 amide bonds. The first-order valence-corrected chi connectivity index (χ1v) is 8.74. The van der Waals surface area contributed by atoms with Crippen molar-refractivity contribution in [3.8, 4) is 0 Å². The van der Waals surface area contributed by atoms with Crippen LogP contribution in [0.2, 0.25) is 5.15 Å². The van der Waals surface area contributed by atoms with E-state index in [1.807, 2.05) is 20.1 Å². The third-order valence-electron chi connectivity index (χ3n) is 3.35. The van der Waals surface area contributed by atoms with Crippen molar-refractivity contribution in [1.29, 1.82) is 0 Å². The molecule has 0 aliphatic carbocycles. The van der Waals surface area contributed by atoms with Crippen molar-refractivity contribution in [3.63, 3.8) is 0 Å². The van der Waals surface area contributed by atoms with E-state index < -0.39 is 0 Å². The van der Waals surface area contributed by atoms with Gasteiger partial charge in [0, 0.05) is 29.6 Å². The molecule has 0 aliphatic heterocycles. The molecule has 0 fully saturated rings. The van der Waals surface area contributed by atoms with Gasteiger partial charge in [0.2, 0.25) is 0 Å². The Bertz CT molecular complexity index is 669. The Morgan fingerprint density at radius 2 is 1.96 bits per heavy atom. The zero-order chi connectivity index (χ0) is 16.8. The molecule has 0 saturated heterocycles. The molecule has 0 N–H and O–H groups in total. The molecule has 2 heterocycles. The van der Waals surface area contributed by atoms with Crippen LogP contribution in [0.15, 0.2) is 23.5 Å². The van der Waals surface area contributed by atoms with Crippen LogP contribution in [-0.4, -0.2) is 27.2 Å². The summed E-state index contributed by atoms with van der Waals surface area (Å²) in [6.07, 6.45) is 4.41. The van der Waals surface area contributed by atoms with Crippen molar-refractivity contribution < 1.29 is 9.53 Å². The van der Waals surface area contributed by atoms with Gasteiger partial charge < -0.3 is 4.74 Å². The van der Waals surface area contributed by atoms with E-state index in [4.69, 9.17) is 16.3 Å². The van der Waals surface area contributed by atoms with Crippen LogP contribution >= 0.6 is 23.4 Å². The fourth-order valence-electron chi connectivity index (χ4n) is 2.12. The Morgan fingerprint density at radius 1 is 1.26 bits per heavy atom. The highest BCUT2D eigenvalue weighted by Crippen LogP contribution is 2.17. The number of carbonyl (C=O) groups excluding carboxylic acids is 1. The summed E-state index contributed by atoms with van der Waals surface area (Å²) >= 11 is 7.22. The molecule has 0 radical (unpaired) electrons. The second-order valence-corrected chi connectivity index (χ2v) is 6.17. The van der Waals surface area contributed by atoms with Crippen LogP contribution in [0.25, 0.3) is 0 Å². The molecule has 5 nitrogen and oxygen atoms in total. The quantitative estimate of drug-likeness (QED) is 0.343. The SMILES string of the molecule is CSc1nc(C)c(CCC(=O)OCc2ccc(Cl)nc2)c(C)n1. The van der Waals surface area contributed by atoms with Crippen molar-refractivity contribution in [3.05, 3.63) is 46.0 Å². The smallest absolute Gasteiger partial charge is 0.306 e. The highest BCUT2D eigenvalue weighted by Gasteiger charge is 2.11. The summed E-state index contributed by atoms with van der Waals surface area (Å²) in [5.41, 5.74) is 3.64. The summed E-state index contributed by atoms with van der Waals surface area (Å²) in [7, 11) is 0. The number of ether oxygens (including phenoxy) is 1. The lowest BCUT2D eigenvalue weighted by Gasteiger charge is -2.10. The Balaban J connectivity index is 1.88. The van der Waals surface area contributed by atoms with Gasteiger partial charge in [-0.05, 0) is 38.2 Å². The predicted molar refractivity (Wildman–Crippen MR) is 90.7 cm³/mol. The van der Waals surface area contributed by atoms with Gasteiger partial charge >= 0.3 is 5.97 Å². The first-order chi connectivity index (χ1) is 11.0. The van der Waals surface area contributed by atoms with Crippen molar-refractivity contribution >= 4 is 29.3 Å². The normalized spacial score (nSPS) is 10.6. The standard InChI is InChI=1S/C16H18ClN3O2S/c1-10-13(11(2)20-16(19-10)23-3)5-7-15(21)22-9-12-4-6-14(17)18-8-12/h4,6,8H,5,7,9H2,1-3H3. The maximum atomic E-state index is 11.9. The number of carbonyl (C=O) groups is 1. The zero-order valence-electron chi connectivity index (χ0n) is 13.3. The summed E-state index contributed by atoms with van der Waals surface area (Å²) in [6, 6.07) is 3.45. The minimum absolute atomic E-state index is 0.197. The fraction of sp³-hybridized carbons (Fsp3) is 0.375. The van der Waals surface area contributed by atoms with E-state index in [-0.39, 0.29) is 12.6 Å². The lowest BCUT2D eigenvalue weighted by molar-refractivity contribution is -0.144. The van der Waals surface area contributed by atoms with Crippen LogP contribution in [-0.2, 0) is 22.6 Å². The van der Waals surface area contributed by atoms with Crippen molar-refractivity contribution in [2.45, 2.75) is 38.5 Å². The number of halogens is 1. The molecule has 122 valence electrons. The van der Waals surface area contributed by atoms with Gasteiger partial charge in [-0.25, -0.2) is 15.0 Å². The van der Waals surface area contributed by atoms with E-state index in [1.165, 1.54) is 11.8 Å². The molecule has 0 spiro atoms. The number of hydrogen-bond donors (Lipinski definition) is 0. The Hall–Kier alpha value is -1.66. The van der Waals surface area contributed by atoms with E-state index in [1.54, 1.807) is 18.3 Å². The van der Waals surface area contributed by atoms with Gasteiger partial charge in [0.15, 0.2) is 5.16 Å². The van der Waals surface area contributed by atoms with E-state index in [2.05, 4.69) is 15.0 Å². The van der Waals surface area contributed by atoms with Gasteiger partial charge in [-0.2, -0.15) is 0 Å². The first-order valence-electron chi connectivity index (χ1n) is 7.13. The number of pyridine rings is 1. The average Bonchev–Trinajstić information content (AvgIpc) is 2.53. The van der Waals surface area contributed by atoms with E-state index in [9.17, 15) is 4.79 Å². The molecule has 0 aliphatic rings. The molecular formula is C16H18ClN3O2S. The summed E-state index contributed by atoms with van der Waals surface area (Å²) in [5, 5.41) is 1.17. The average molecular weight is 352 g/mol. The largest absolute Gasteiger partial charge is 0.461 e. The lowest BCUT2D eigenvalue weighted by atomic mass is 10.1. The van der Waals surface area contributed by atoms with Gasteiger partial charge in [-0.15, -0.1) is 0 Å². The molecule has 2 aromatic heterocycles. The summed E-state index contributed by atoms with van der Waals surface area (Å²) in [5.74, 6) is -0.257. The van der Waals surface area contributed by atoms with Crippen LogP contribution in [0.5, 0.6) is 0 Å². The van der Waals surface area contributed by atoms with Gasteiger partial charge in [0.1, 0.15) is 11.8 Å². The van der Waals surface area contributed by atoms with Gasteiger partial charge in [-0.1, -0.05) is 29.4 Å². The summed E-state index contributed by atoms with van der Waals surface area (Å²) in [6.45, 7) is 4.08. The van der Waals surface area contributed by atoms with E-state index in [0.29, 0.717) is 18.0 Å². The lowest BCUT2D eigenvalue weighted by Crippen LogP contribution is -2.09. The molecule has 0 saturated carbocycles. The number of nitrogens with zero attached hydrogens (tertiary/aromatic N) is 3. The van der Waals surface area contributed by atoms with Crippen LogP contribution in [0.3, 0.4) is 0 Å².